The number of H-pyrrole nitrogens is 3. The summed E-state index contributed by atoms with van der Waals surface area (Å²) in [7, 11) is 0. The fourth-order valence-electron chi connectivity index (χ4n) is 5.07. The van der Waals surface area contributed by atoms with Gasteiger partial charge in [0.1, 0.15) is 0 Å². The van der Waals surface area contributed by atoms with Crippen LogP contribution in [-0.4, -0.2) is 33.6 Å². The van der Waals surface area contributed by atoms with E-state index < -0.39 is 0 Å². The molecule has 0 bridgehead atoms. The van der Waals surface area contributed by atoms with Gasteiger partial charge in [-0.3, -0.25) is 15.0 Å². The summed E-state index contributed by atoms with van der Waals surface area (Å²) in [6.45, 7) is 6.11. The van der Waals surface area contributed by atoms with Crippen LogP contribution in [0.4, 0.5) is 17.1 Å². The summed E-state index contributed by atoms with van der Waals surface area (Å²) in [4.78, 5) is 23.9. The fourth-order valence-corrected chi connectivity index (χ4v) is 5.07. The number of aromatic nitrogens is 3. The molecule has 3 N–H and O–H groups in total. The Morgan fingerprint density at radius 2 is 0.674 bits per heavy atom. The number of hydrogen-bond donors (Lipinski definition) is 3. The molecule has 0 unspecified atom stereocenters. The molecule has 0 radical (unpaired) electrons. The van der Waals surface area contributed by atoms with Gasteiger partial charge in [0.2, 0.25) is 0 Å². The van der Waals surface area contributed by atoms with Crippen molar-refractivity contribution in [3.05, 3.63) is 160 Å². The van der Waals surface area contributed by atoms with Gasteiger partial charge in [0.05, 0.1) is 52.8 Å². The number of nitrogens with one attached hydrogen (secondary N) is 3. The third-order valence-corrected chi connectivity index (χ3v) is 7.30. The second-order valence-electron chi connectivity index (χ2n) is 10.8. The molecule has 6 nitrogen and oxygen atoms in total. The van der Waals surface area contributed by atoms with Crippen molar-refractivity contribution < 1.29 is 0 Å². The molecule has 0 saturated heterocycles. The van der Waals surface area contributed by atoms with Crippen molar-refractivity contribution >= 4 is 35.7 Å². The van der Waals surface area contributed by atoms with Gasteiger partial charge in [-0.25, -0.2) is 0 Å². The Labute approximate surface area is 252 Å². The monoisotopic (exact) mass is 562 g/mol. The van der Waals surface area contributed by atoms with E-state index in [-0.39, 0.29) is 5.92 Å². The molecule has 6 aromatic rings. The van der Waals surface area contributed by atoms with E-state index in [1.807, 2.05) is 75.8 Å². The first-order valence-electron chi connectivity index (χ1n) is 14.4. The van der Waals surface area contributed by atoms with Crippen molar-refractivity contribution in [1.29, 1.82) is 0 Å². The summed E-state index contributed by atoms with van der Waals surface area (Å²) in [5.41, 5.74) is 12.6. The van der Waals surface area contributed by atoms with Gasteiger partial charge in [0, 0.05) is 23.0 Å². The molecule has 3 heterocycles. The summed E-state index contributed by atoms with van der Waals surface area (Å²) in [6.07, 6.45) is 5.59. The first-order valence-corrected chi connectivity index (χ1v) is 14.4. The van der Waals surface area contributed by atoms with Crippen LogP contribution in [0.1, 0.15) is 56.8 Å². The molecule has 0 aliphatic rings. The van der Waals surface area contributed by atoms with E-state index in [1.165, 1.54) is 16.7 Å². The SMILES string of the molecule is Cc1ccc(C=Nc2ccc(C(c3ccc(N=Cc4ccc(C)[nH]4)cc3)c3ccc(N=Cc4ccc(C)[nH]4)cc3)cc2)[nH]1. The number of hydrogen-bond acceptors (Lipinski definition) is 3. The van der Waals surface area contributed by atoms with Crippen LogP contribution in [0.25, 0.3) is 0 Å². The van der Waals surface area contributed by atoms with Crippen LogP contribution >= 0.6 is 0 Å². The van der Waals surface area contributed by atoms with Gasteiger partial charge in [-0.2, -0.15) is 0 Å². The molecule has 6 heteroatoms. The third-order valence-electron chi connectivity index (χ3n) is 7.30. The second kappa shape index (κ2) is 12.6. The van der Waals surface area contributed by atoms with Crippen LogP contribution in [0.3, 0.4) is 0 Å². The van der Waals surface area contributed by atoms with E-state index in [1.54, 1.807) is 0 Å². The predicted octanol–water partition coefficient (Wildman–Crippen LogP) is 9.03. The second-order valence-corrected chi connectivity index (χ2v) is 10.8. The van der Waals surface area contributed by atoms with Gasteiger partial charge in [0.25, 0.3) is 0 Å². The maximum Gasteiger partial charge on any atom is 0.0630 e. The molecule has 0 saturated carbocycles. The number of aliphatic imine (C=N–C) groups is 3. The van der Waals surface area contributed by atoms with Crippen molar-refractivity contribution in [3.63, 3.8) is 0 Å². The Bertz CT molecular complexity index is 1650. The largest absolute Gasteiger partial charge is 0.358 e. The Morgan fingerprint density at radius 1 is 0.395 bits per heavy atom. The third kappa shape index (κ3) is 7.05. The Kier molecular flexibility index (Phi) is 8.09. The van der Waals surface area contributed by atoms with Crippen molar-refractivity contribution in [3.8, 4) is 0 Å². The van der Waals surface area contributed by atoms with Crippen LogP contribution in [0.2, 0.25) is 0 Å². The lowest BCUT2D eigenvalue weighted by atomic mass is 9.85. The standard InChI is InChI=1S/C37H34N6/c1-25-4-13-34(41-25)22-38-31-16-7-28(8-17-31)37(29-9-18-32(19-10-29)39-23-35-14-5-26(2)42-35)30-11-20-33(21-12-30)40-24-36-15-6-27(3)43-36/h4-24,37,41-43H,1-3H3. The Hall–Kier alpha value is -5.49. The van der Waals surface area contributed by atoms with Crippen molar-refractivity contribution in [2.75, 3.05) is 0 Å². The van der Waals surface area contributed by atoms with Crippen LogP contribution < -0.4 is 0 Å². The highest BCUT2D eigenvalue weighted by Gasteiger charge is 2.17. The number of benzene rings is 3. The Balaban J connectivity index is 1.27. The van der Waals surface area contributed by atoms with Crippen molar-refractivity contribution in [1.82, 2.24) is 15.0 Å². The zero-order chi connectivity index (χ0) is 29.6. The summed E-state index contributed by atoms with van der Waals surface area (Å²) in [5, 5.41) is 0. The zero-order valence-electron chi connectivity index (χ0n) is 24.5. The molecule has 0 atom stereocenters. The molecule has 3 aromatic carbocycles. The van der Waals surface area contributed by atoms with Crippen molar-refractivity contribution in [2.45, 2.75) is 26.7 Å². The summed E-state index contributed by atoms with van der Waals surface area (Å²) in [6, 6.07) is 37.6. The maximum absolute atomic E-state index is 4.66. The Morgan fingerprint density at radius 3 is 0.907 bits per heavy atom. The van der Waals surface area contributed by atoms with Gasteiger partial charge in [-0.1, -0.05) is 36.4 Å². The van der Waals surface area contributed by atoms with Gasteiger partial charge in [-0.15, -0.1) is 0 Å². The van der Waals surface area contributed by atoms with Crippen LogP contribution in [-0.2, 0) is 0 Å². The van der Waals surface area contributed by atoms with E-state index in [0.29, 0.717) is 0 Å². The number of aryl methyl sites for hydroxylation is 3. The van der Waals surface area contributed by atoms with Gasteiger partial charge < -0.3 is 15.0 Å². The van der Waals surface area contributed by atoms with E-state index in [0.717, 1.165) is 51.2 Å². The zero-order valence-corrected chi connectivity index (χ0v) is 24.5. The lowest BCUT2D eigenvalue weighted by Crippen LogP contribution is -2.03. The molecule has 212 valence electrons. The minimum atomic E-state index is 0.0391. The molecular weight excluding hydrogens is 528 g/mol. The van der Waals surface area contributed by atoms with E-state index in [4.69, 9.17) is 0 Å². The summed E-state index contributed by atoms with van der Waals surface area (Å²) in [5.74, 6) is 0.0391. The lowest BCUT2D eigenvalue weighted by Gasteiger charge is -2.19. The van der Waals surface area contributed by atoms with Crippen molar-refractivity contribution in [2.24, 2.45) is 15.0 Å². The lowest BCUT2D eigenvalue weighted by molar-refractivity contribution is 0.977. The predicted molar refractivity (Wildman–Crippen MR) is 179 cm³/mol. The minimum absolute atomic E-state index is 0.0391. The van der Waals surface area contributed by atoms with E-state index >= 15 is 0 Å². The van der Waals surface area contributed by atoms with Gasteiger partial charge in [0.15, 0.2) is 0 Å². The molecule has 43 heavy (non-hydrogen) atoms. The summed E-state index contributed by atoms with van der Waals surface area (Å²) < 4.78 is 0. The smallest absolute Gasteiger partial charge is 0.0630 e. The molecular formula is C37H34N6. The first kappa shape index (κ1) is 27.7. The summed E-state index contributed by atoms with van der Waals surface area (Å²) >= 11 is 0. The fraction of sp³-hybridized carbons (Fsp3) is 0.108. The van der Waals surface area contributed by atoms with Gasteiger partial charge in [-0.05, 0) is 110 Å². The first-order chi connectivity index (χ1) is 21.0. The number of nitrogens with zero attached hydrogens (tertiary/aromatic N) is 3. The molecule has 6 rings (SSSR count). The quantitative estimate of drug-likeness (QED) is 0.116. The van der Waals surface area contributed by atoms with Crippen LogP contribution in [0.5, 0.6) is 0 Å². The normalized spacial score (nSPS) is 12.6. The highest BCUT2D eigenvalue weighted by atomic mass is 14.8. The number of rotatable bonds is 9. The van der Waals surface area contributed by atoms with Crippen LogP contribution in [0.15, 0.2) is 124 Å². The molecule has 0 spiro atoms. The van der Waals surface area contributed by atoms with E-state index in [9.17, 15) is 0 Å². The highest BCUT2D eigenvalue weighted by molar-refractivity contribution is 5.81. The molecule has 0 aliphatic carbocycles. The molecule has 0 amide bonds. The topological polar surface area (TPSA) is 84.4 Å². The highest BCUT2D eigenvalue weighted by Crippen LogP contribution is 2.34. The van der Waals surface area contributed by atoms with E-state index in [2.05, 4.69) is 103 Å². The molecule has 3 aromatic heterocycles. The average Bonchev–Trinajstić information content (AvgIpc) is 3.77. The number of aromatic amines is 3. The maximum atomic E-state index is 4.66. The molecule has 0 aliphatic heterocycles. The van der Waals surface area contributed by atoms with Crippen LogP contribution in [0, 0.1) is 20.8 Å². The average molecular weight is 563 g/mol. The minimum Gasteiger partial charge on any atom is -0.358 e. The van der Waals surface area contributed by atoms with Gasteiger partial charge >= 0.3 is 0 Å². The molecule has 0 fully saturated rings.